The number of nitrogens with one attached hydrogen (secondary N) is 1. The molecule has 0 spiro atoms. The molecule has 2 N–H and O–H groups in total. The van der Waals surface area contributed by atoms with Crippen molar-refractivity contribution in [2.45, 2.75) is 31.9 Å². The number of nitro benzene ring substituents is 1. The van der Waals surface area contributed by atoms with Crippen molar-refractivity contribution < 1.29 is 14.8 Å². The largest absolute Gasteiger partial charge is 0.391 e. The summed E-state index contributed by atoms with van der Waals surface area (Å²) >= 11 is 0. The van der Waals surface area contributed by atoms with Crippen molar-refractivity contribution in [2.24, 2.45) is 0 Å². The van der Waals surface area contributed by atoms with Gasteiger partial charge in [-0.25, -0.2) is 0 Å². The second-order valence-corrected chi connectivity index (χ2v) is 7.97. The van der Waals surface area contributed by atoms with Crippen molar-refractivity contribution in [2.75, 3.05) is 36.4 Å². The smallest absolute Gasteiger partial charge is 0.269 e. The van der Waals surface area contributed by atoms with E-state index in [-0.39, 0.29) is 22.6 Å². The SMILES string of the molecule is CC(=O)Nc1ccccc1N1CCN(C2Cc3cc([N+](=O)[O-])ccc3CC2O)CC1. The zero-order valence-corrected chi connectivity index (χ0v) is 17.0. The van der Waals surface area contributed by atoms with Crippen molar-refractivity contribution in [3.8, 4) is 0 Å². The van der Waals surface area contributed by atoms with Crippen molar-refractivity contribution >= 4 is 23.0 Å². The fraction of sp³-hybridized carbons (Fsp3) is 0.409. The third-order valence-electron chi connectivity index (χ3n) is 6.04. The minimum absolute atomic E-state index is 0.0488. The average Bonchev–Trinajstić information content (AvgIpc) is 2.73. The van der Waals surface area contributed by atoms with Gasteiger partial charge in [-0.1, -0.05) is 18.2 Å². The highest BCUT2D eigenvalue weighted by Gasteiger charge is 2.34. The number of benzene rings is 2. The Morgan fingerprint density at radius 2 is 1.83 bits per heavy atom. The monoisotopic (exact) mass is 410 g/mol. The van der Waals surface area contributed by atoms with Crippen molar-refractivity contribution in [1.29, 1.82) is 0 Å². The Balaban J connectivity index is 1.45. The number of hydrogen-bond acceptors (Lipinski definition) is 6. The van der Waals surface area contributed by atoms with E-state index in [1.165, 1.54) is 13.0 Å². The van der Waals surface area contributed by atoms with Crippen LogP contribution >= 0.6 is 0 Å². The van der Waals surface area contributed by atoms with E-state index < -0.39 is 6.10 Å². The third-order valence-corrected chi connectivity index (χ3v) is 6.04. The number of carbonyl (C=O) groups is 1. The summed E-state index contributed by atoms with van der Waals surface area (Å²) in [6.45, 7) is 4.62. The Kier molecular flexibility index (Phi) is 5.69. The first-order valence-corrected chi connectivity index (χ1v) is 10.2. The number of carbonyl (C=O) groups excluding carboxylic acids is 1. The topological polar surface area (TPSA) is 99.0 Å². The molecule has 0 bridgehead atoms. The lowest BCUT2D eigenvalue weighted by molar-refractivity contribution is -0.385. The van der Waals surface area contributed by atoms with E-state index in [9.17, 15) is 20.0 Å². The van der Waals surface area contributed by atoms with Gasteiger partial charge in [0, 0.05) is 57.7 Å². The molecule has 0 aromatic heterocycles. The van der Waals surface area contributed by atoms with E-state index in [0.29, 0.717) is 12.8 Å². The molecule has 1 aliphatic carbocycles. The van der Waals surface area contributed by atoms with Crippen LogP contribution in [0.3, 0.4) is 0 Å². The summed E-state index contributed by atoms with van der Waals surface area (Å²) in [4.78, 5) is 26.8. The quantitative estimate of drug-likeness (QED) is 0.592. The number of nitrogens with zero attached hydrogens (tertiary/aromatic N) is 3. The highest BCUT2D eigenvalue weighted by atomic mass is 16.6. The van der Waals surface area contributed by atoms with E-state index in [2.05, 4.69) is 15.1 Å². The molecular weight excluding hydrogens is 384 g/mol. The number of para-hydroxylation sites is 2. The van der Waals surface area contributed by atoms with E-state index in [1.54, 1.807) is 12.1 Å². The number of non-ortho nitro benzene ring substituents is 1. The molecule has 30 heavy (non-hydrogen) atoms. The number of rotatable bonds is 4. The molecule has 1 amide bonds. The maximum atomic E-state index is 11.5. The highest BCUT2D eigenvalue weighted by Crippen LogP contribution is 2.31. The molecule has 8 nitrogen and oxygen atoms in total. The summed E-state index contributed by atoms with van der Waals surface area (Å²) in [6, 6.07) is 12.6. The molecule has 158 valence electrons. The predicted molar refractivity (Wildman–Crippen MR) is 115 cm³/mol. The Bertz CT molecular complexity index is 956. The van der Waals surface area contributed by atoms with E-state index in [1.807, 2.05) is 24.3 Å². The van der Waals surface area contributed by atoms with Crippen LogP contribution in [0.15, 0.2) is 42.5 Å². The number of piperazine rings is 1. The van der Waals surface area contributed by atoms with E-state index in [0.717, 1.165) is 48.7 Å². The first kappa shape index (κ1) is 20.3. The number of amides is 1. The summed E-state index contributed by atoms with van der Waals surface area (Å²) in [7, 11) is 0. The second kappa shape index (κ2) is 8.41. The second-order valence-electron chi connectivity index (χ2n) is 7.97. The number of anilines is 2. The zero-order valence-electron chi connectivity index (χ0n) is 17.0. The number of nitro groups is 1. The number of aliphatic hydroxyl groups is 1. The number of aliphatic hydroxyl groups excluding tert-OH is 1. The zero-order chi connectivity index (χ0) is 21.3. The van der Waals surface area contributed by atoms with Gasteiger partial charge in [0.25, 0.3) is 5.69 Å². The van der Waals surface area contributed by atoms with E-state index >= 15 is 0 Å². The van der Waals surface area contributed by atoms with Gasteiger partial charge in [0.15, 0.2) is 0 Å². The van der Waals surface area contributed by atoms with Gasteiger partial charge >= 0.3 is 0 Å². The molecule has 1 aliphatic heterocycles. The van der Waals surface area contributed by atoms with Crippen molar-refractivity contribution in [1.82, 2.24) is 4.90 Å². The Morgan fingerprint density at radius 1 is 1.10 bits per heavy atom. The highest BCUT2D eigenvalue weighted by molar-refractivity contribution is 5.92. The third kappa shape index (κ3) is 4.15. The van der Waals surface area contributed by atoms with Crippen LogP contribution < -0.4 is 10.2 Å². The van der Waals surface area contributed by atoms with Crippen LogP contribution in [0.4, 0.5) is 17.1 Å². The molecule has 1 saturated heterocycles. The Labute approximate surface area is 175 Å². The molecule has 8 heteroatoms. The summed E-state index contributed by atoms with van der Waals surface area (Å²) in [5.74, 6) is -0.0980. The van der Waals surface area contributed by atoms with E-state index in [4.69, 9.17) is 0 Å². The summed E-state index contributed by atoms with van der Waals surface area (Å²) in [6.07, 6.45) is 0.640. The van der Waals surface area contributed by atoms with Gasteiger partial charge in [0.2, 0.25) is 5.91 Å². The Hall–Kier alpha value is -2.97. The lowest BCUT2D eigenvalue weighted by Crippen LogP contribution is -2.56. The minimum atomic E-state index is -0.489. The Morgan fingerprint density at radius 3 is 2.53 bits per heavy atom. The predicted octanol–water partition coefficient (Wildman–Crippen LogP) is 2.20. The summed E-state index contributed by atoms with van der Waals surface area (Å²) < 4.78 is 0. The first-order chi connectivity index (χ1) is 14.4. The molecule has 2 aliphatic rings. The summed E-state index contributed by atoms with van der Waals surface area (Å²) in [5.41, 5.74) is 3.85. The fourth-order valence-electron chi connectivity index (χ4n) is 4.55. The lowest BCUT2D eigenvalue weighted by atomic mass is 9.85. The summed E-state index contributed by atoms with van der Waals surface area (Å²) in [5, 5.41) is 24.7. The van der Waals surface area contributed by atoms with Gasteiger partial charge in [0.05, 0.1) is 22.4 Å². The standard InChI is InChI=1S/C22H26N4O4/c1-15(27)23-19-4-2-3-5-20(19)24-8-10-25(11-9-24)21-13-17-12-18(26(29)30)7-6-16(17)14-22(21)28/h2-7,12,21-22,28H,8-11,13-14H2,1H3,(H,23,27). The van der Waals surface area contributed by atoms with Crippen LogP contribution in [-0.4, -0.2) is 59.2 Å². The molecule has 4 rings (SSSR count). The lowest BCUT2D eigenvalue weighted by Gasteiger charge is -2.44. The van der Waals surface area contributed by atoms with Gasteiger partial charge in [0.1, 0.15) is 0 Å². The van der Waals surface area contributed by atoms with Crippen LogP contribution in [0.25, 0.3) is 0 Å². The molecule has 0 radical (unpaired) electrons. The maximum absolute atomic E-state index is 11.5. The van der Waals surface area contributed by atoms with Gasteiger partial charge in [-0.05, 0) is 29.7 Å². The van der Waals surface area contributed by atoms with Crippen molar-refractivity contribution in [3.63, 3.8) is 0 Å². The number of fused-ring (bicyclic) bond motifs is 1. The van der Waals surface area contributed by atoms with Crippen LogP contribution in [0.5, 0.6) is 0 Å². The van der Waals surface area contributed by atoms with Gasteiger partial charge in [-0.15, -0.1) is 0 Å². The minimum Gasteiger partial charge on any atom is -0.391 e. The molecule has 1 fully saturated rings. The normalized spacial score (nSPS) is 21.7. The molecule has 0 saturated carbocycles. The fourth-order valence-corrected chi connectivity index (χ4v) is 4.55. The maximum Gasteiger partial charge on any atom is 0.269 e. The molecule has 2 unspecified atom stereocenters. The van der Waals surface area contributed by atoms with Crippen molar-refractivity contribution in [3.05, 3.63) is 63.7 Å². The molecule has 1 heterocycles. The van der Waals surface area contributed by atoms with Crippen LogP contribution in [0.1, 0.15) is 18.1 Å². The molecule has 2 atom stereocenters. The molecule has 2 aromatic rings. The molecule has 2 aromatic carbocycles. The van der Waals surface area contributed by atoms with Crippen LogP contribution in [0, 0.1) is 10.1 Å². The van der Waals surface area contributed by atoms with Crippen LogP contribution in [0.2, 0.25) is 0 Å². The van der Waals surface area contributed by atoms with Crippen LogP contribution in [-0.2, 0) is 17.6 Å². The van der Waals surface area contributed by atoms with Gasteiger partial charge < -0.3 is 15.3 Å². The average molecular weight is 410 g/mol. The molecular formula is C22H26N4O4. The first-order valence-electron chi connectivity index (χ1n) is 10.2. The van der Waals surface area contributed by atoms with Gasteiger partial charge in [-0.3, -0.25) is 19.8 Å². The number of hydrogen-bond donors (Lipinski definition) is 2. The van der Waals surface area contributed by atoms with Gasteiger partial charge in [-0.2, -0.15) is 0 Å².